The molecule has 0 amide bonds. The van der Waals surface area contributed by atoms with Crippen LogP contribution in [0.25, 0.3) is 22.6 Å². The number of aromatic nitrogens is 3. The zero-order chi connectivity index (χ0) is 18.3. The quantitative estimate of drug-likeness (QED) is 0.500. The van der Waals surface area contributed by atoms with Gasteiger partial charge in [0.05, 0.1) is 5.39 Å². The van der Waals surface area contributed by atoms with E-state index in [2.05, 4.69) is 36.2 Å². The molecule has 8 heteroatoms. The normalized spacial score (nSPS) is 11.0. The predicted molar refractivity (Wildman–Crippen MR) is 102 cm³/mol. The summed E-state index contributed by atoms with van der Waals surface area (Å²) in [5.41, 5.74) is 7.65. The molecule has 0 fully saturated rings. The van der Waals surface area contributed by atoms with Gasteiger partial charge in [0.1, 0.15) is 11.4 Å². The number of furan rings is 1. The van der Waals surface area contributed by atoms with Crippen molar-refractivity contribution in [2.45, 2.75) is 6.92 Å². The summed E-state index contributed by atoms with van der Waals surface area (Å²) in [7, 11) is 0. The molecule has 0 radical (unpaired) electrons. The van der Waals surface area contributed by atoms with Crippen molar-refractivity contribution in [1.29, 1.82) is 0 Å². The van der Waals surface area contributed by atoms with Crippen molar-refractivity contribution in [2.24, 2.45) is 0 Å². The number of anilines is 3. The fourth-order valence-electron chi connectivity index (χ4n) is 2.68. The van der Waals surface area contributed by atoms with Crippen LogP contribution < -0.4 is 11.1 Å². The third-order valence-corrected chi connectivity index (χ3v) is 4.39. The van der Waals surface area contributed by atoms with Crippen molar-refractivity contribution in [1.82, 2.24) is 15.0 Å². The van der Waals surface area contributed by atoms with Gasteiger partial charge in [-0.05, 0) is 43.3 Å². The molecule has 0 spiro atoms. The van der Waals surface area contributed by atoms with E-state index in [1.54, 1.807) is 19.1 Å². The molecule has 4 rings (SSSR count). The molecule has 0 saturated heterocycles. The van der Waals surface area contributed by atoms with Crippen LogP contribution in [0.4, 0.5) is 22.0 Å². The molecule has 130 valence electrons. The van der Waals surface area contributed by atoms with E-state index < -0.39 is 0 Å². The zero-order valence-electron chi connectivity index (χ0n) is 13.6. The number of fused-ring (bicyclic) bond motifs is 1. The molecule has 0 aliphatic carbocycles. The third-order valence-electron chi connectivity index (χ3n) is 3.86. The molecule has 4 aromatic rings. The Bertz CT molecular complexity index is 1110. The summed E-state index contributed by atoms with van der Waals surface area (Å²) < 4.78 is 20.8. The highest BCUT2D eigenvalue weighted by molar-refractivity contribution is 9.10. The van der Waals surface area contributed by atoms with E-state index in [1.165, 1.54) is 6.07 Å². The Balaban J connectivity index is 1.78. The summed E-state index contributed by atoms with van der Waals surface area (Å²) in [5.74, 6) is 0.554. The highest BCUT2D eigenvalue weighted by atomic mass is 79.9. The van der Waals surface area contributed by atoms with Gasteiger partial charge < -0.3 is 15.5 Å². The zero-order valence-corrected chi connectivity index (χ0v) is 15.2. The number of hydrogen-bond donors (Lipinski definition) is 2. The highest BCUT2D eigenvalue weighted by Crippen LogP contribution is 2.33. The minimum atomic E-state index is -0.356. The Morgan fingerprint density at radius 2 is 1.85 bits per heavy atom. The van der Waals surface area contributed by atoms with Gasteiger partial charge in [-0.3, -0.25) is 0 Å². The van der Waals surface area contributed by atoms with Gasteiger partial charge in [0, 0.05) is 15.7 Å². The van der Waals surface area contributed by atoms with Gasteiger partial charge in [-0.25, -0.2) is 4.39 Å². The lowest BCUT2D eigenvalue weighted by Gasteiger charge is -2.07. The lowest BCUT2D eigenvalue weighted by atomic mass is 10.1. The van der Waals surface area contributed by atoms with Crippen LogP contribution in [0.15, 0.2) is 51.4 Å². The van der Waals surface area contributed by atoms with E-state index in [9.17, 15) is 4.39 Å². The average Bonchev–Trinajstić information content (AvgIpc) is 2.95. The molecule has 0 atom stereocenters. The maximum Gasteiger partial charge on any atom is 0.232 e. The molecule has 6 nitrogen and oxygen atoms in total. The van der Waals surface area contributed by atoms with E-state index in [0.717, 1.165) is 10.2 Å². The molecule has 2 heterocycles. The van der Waals surface area contributed by atoms with Crippen molar-refractivity contribution in [3.05, 3.63) is 58.3 Å². The standard InChI is InChI=1S/C18H13BrFN5O/c1-9-14-12(20)3-2-4-13(14)26-15(9)16-23-17(21)25-18(24-16)22-11-7-5-10(19)6-8-11/h2-8H,1H3,(H3,21,22,23,24,25). The van der Waals surface area contributed by atoms with Gasteiger partial charge in [-0.15, -0.1) is 0 Å². The Hall–Kier alpha value is -3.00. The van der Waals surface area contributed by atoms with Gasteiger partial charge in [0.2, 0.25) is 17.7 Å². The van der Waals surface area contributed by atoms with E-state index >= 15 is 0 Å². The largest absolute Gasteiger partial charge is 0.452 e. The summed E-state index contributed by atoms with van der Waals surface area (Å²) in [4.78, 5) is 12.6. The van der Waals surface area contributed by atoms with Crippen molar-refractivity contribution >= 4 is 44.5 Å². The summed E-state index contributed by atoms with van der Waals surface area (Å²) in [6, 6.07) is 12.2. The summed E-state index contributed by atoms with van der Waals surface area (Å²) in [6.07, 6.45) is 0. The van der Waals surface area contributed by atoms with Crippen LogP contribution in [0.5, 0.6) is 0 Å². The van der Waals surface area contributed by atoms with E-state index in [0.29, 0.717) is 22.3 Å². The molecular weight excluding hydrogens is 401 g/mol. The third kappa shape index (κ3) is 2.99. The summed E-state index contributed by atoms with van der Waals surface area (Å²) in [6.45, 7) is 1.76. The fourth-order valence-corrected chi connectivity index (χ4v) is 2.94. The minimum absolute atomic E-state index is 0.0370. The lowest BCUT2D eigenvalue weighted by molar-refractivity contribution is 0.616. The molecule has 2 aromatic carbocycles. The fraction of sp³-hybridized carbons (Fsp3) is 0.0556. The topological polar surface area (TPSA) is 89.9 Å². The molecule has 3 N–H and O–H groups in total. The van der Waals surface area contributed by atoms with Gasteiger partial charge in [-0.2, -0.15) is 15.0 Å². The first kappa shape index (κ1) is 16.5. The van der Waals surface area contributed by atoms with E-state index in [-0.39, 0.29) is 23.5 Å². The monoisotopic (exact) mass is 413 g/mol. The average molecular weight is 414 g/mol. The van der Waals surface area contributed by atoms with E-state index in [1.807, 2.05) is 24.3 Å². The smallest absolute Gasteiger partial charge is 0.232 e. The number of halogens is 2. The Morgan fingerprint density at radius 3 is 2.58 bits per heavy atom. The number of nitrogen functional groups attached to an aromatic ring is 1. The van der Waals surface area contributed by atoms with Crippen LogP contribution in [0.3, 0.4) is 0 Å². The van der Waals surface area contributed by atoms with Crippen molar-refractivity contribution in [2.75, 3.05) is 11.1 Å². The van der Waals surface area contributed by atoms with Gasteiger partial charge in [0.15, 0.2) is 5.76 Å². The number of nitrogens with zero attached hydrogens (tertiary/aromatic N) is 3. The number of benzene rings is 2. The first-order valence-corrected chi connectivity index (χ1v) is 8.52. The van der Waals surface area contributed by atoms with Crippen molar-refractivity contribution < 1.29 is 8.81 Å². The first-order chi connectivity index (χ1) is 12.5. The van der Waals surface area contributed by atoms with Crippen LogP contribution >= 0.6 is 15.9 Å². The lowest BCUT2D eigenvalue weighted by Crippen LogP contribution is -2.05. The summed E-state index contributed by atoms with van der Waals surface area (Å²) >= 11 is 3.38. The predicted octanol–water partition coefficient (Wildman–Crippen LogP) is 4.82. The van der Waals surface area contributed by atoms with Gasteiger partial charge in [-0.1, -0.05) is 22.0 Å². The van der Waals surface area contributed by atoms with Gasteiger partial charge in [0.25, 0.3) is 0 Å². The Morgan fingerprint density at radius 1 is 1.08 bits per heavy atom. The van der Waals surface area contributed by atoms with E-state index in [4.69, 9.17) is 10.2 Å². The van der Waals surface area contributed by atoms with Crippen molar-refractivity contribution in [3.63, 3.8) is 0 Å². The Labute approximate surface area is 156 Å². The highest BCUT2D eigenvalue weighted by Gasteiger charge is 2.19. The first-order valence-electron chi connectivity index (χ1n) is 7.73. The number of nitrogens with one attached hydrogen (secondary N) is 1. The molecule has 0 saturated carbocycles. The number of nitrogens with two attached hydrogens (primary N) is 1. The summed E-state index contributed by atoms with van der Waals surface area (Å²) in [5, 5.41) is 3.47. The second-order valence-corrected chi connectivity index (χ2v) is 6.56. The van der Waals surface area contributed by atoms with Crippen LogP contribution in [0.1, 0.15) is 5.56 Å². The molecular formula is C18H13BrFN5O. The molecule has 0 aliphatic rings. The van der Waals surface area contributed by atoms with Crippen LogP contribution in [0, 0.1) is 12.7 Å². The Kier molecular flexibility index (Phi) is 4.04. The number of aryl methyl sites for hydroxylation is 1. The second kappa shape index (κ2) is 6.38. The van der Waals surface area contributed by atoms with Crippen LogP contribution in [-0.2, 0) is 0 Å². The molecule has 0 unspecified atom stereocenters. The maximum atomic E-state index is 14.1. The van der Waals surface area contributed by atoms with Crippen molar-refractivity contribution in [3.8, 4) is 11.6 Å². The van der Waals surface area contributed by atoms with Crippen LogP contribution in [-0.4, -0.2) is 15.0 Å². The number of hydrogen-bond acceptors (Lipinski definition) is 6. The molecule has 2 aromatic heterocycles. The molecule has 26 heavy (non-hydrogen) atoms. The van der Waals surface area contributed by atoms with Crippen LogP contribution in [0.2, 0.25) is 0 Å². The van der Waals surface area contributed by atoms with Gasteiger partial charge >= 0.3 is 0 Å². The second-order valence-electron chi connectivity index (χ2n) is 5.64. The molecule has 0 bridgehead atoms. The molecule has 0 aliphatic heterocycles. The minimum Gasteiger partial charge on any atom is -0.452 e. The SMILES string of the molecule is Cc1c(-c2nc(N)nc(Nc3ccc(Br)cc3)n2)oc2cccc(F)c12. The number of rotatable bonds is 3. The maximum absolute atomic E-state index is 14.1.